The Labute approximate surface area is 124 Å². The van der Waals surface area contributed by atoms with Gasteiger partial charge >= 0.3 is 0 Å². The zero-order valence-electron chi connectivity index (χ0n) is 12.0. The lowest BCUT2D eigenvalue weighted by Crippen LogP contribution is -2.40. The highest BCUT2D eigenvalue weighted by molar-refractivity contribution is 7.89. The van der Waals surface area contributed by atoms with Gasteiger partial charge in [-0.15, -0.1) is 0 Å². The molecule has 0 N–H and O–H groups in total. The van der Waals surface area contributed by atoms with Crippen molar-refractivity contribution in [3.05, 3.63) is 30.1 Å². The number of hydrogen-bond acceptors (Lipinski definition) is 4. The smallest absolute Gasteiger partial charge is 0.224 e. The molecule has 1 aromatic rings. The molecule has 0 aliphatic carbocycles. The van der Waals surface area contributed by atoms with Crippen LogP contribution < -0.4 is 0 Å². The van der Waals surface area contributed by atoms with Crippen molar-refractivity contribution in [2.24, 2.45) is 0 Å². The van der Waals surface area contributed by atoms with Gasteiger partial charge in [0.1, 0.15) is 0 Å². The topological polar surface area (TPSA) is 70.6 Å². The molecule has 0 spiro atoms. The Kier molecular flexibility index (Phi) is 3.71. The molecule has 6 nitrogen and oxygen atoms in total. The minimum atomic E-state index is -3.23. The first-order valence-electron chi connectivity index (χ1n) is 7.21. The van der Waals surface area contributed by atoms with Gasteiger partial charge in [0.15, 0.2) is 0 Å². The monoisotopic (exact) mass is 309 g/mol. The maximum atomic E-state index is 12.2. The van der Waals surface area contributed by atoms with Gasteiger partial charge in [-0.3, -0.25) is 9.78 Å². The van der Waals surface area contributed by atoms with Gasteiger partial charge in [-0.1, -0.05) is 6.07 Å². The predicted octanol–water partition coefficient (Wildman–Crippen LogP) is 0.606. The highest BCUT2D eigenvalue weighted by Crippen LogP contribution is 2.35. The third-order valence-electron chi connectivity index (χ3n) is 4.36. The van der Waals surface area contributed by atoms with Gasteiger partial charge in [-0.25, -0.2) is 8.42 Å². The summed E-state index contributed by atoms with van der Waals surface area (Å²) in [6.07, 6.45) is 4.46. The van der Waals surface area contributed by atoms with Crippen LogP contribution >= 0.6 is 0 Å². The van der Waals surface area contributed by atoms with E-state index in [0.29, 0.717) is 19.5 Å². The molecule has 0 radical (unpaired) electrons. The quantitative estimate of drug-likeness (QED) is 0.817. The zero-order valence-corrected chi connectivity index (χ0v) is 12.8. The zero-order chi connectivity index (χ0) is 15.0. The van der Waals surface area contributed by atoms with E-state index in [4.69, 9.17) is 0 Å². The first-order valence-corrected chi connectivity index (χ1v) is 8.81. The van der Waals surface area contributed by atoms with Gasteiger partial charge < -0.3 is 4.90 Å². The molecule has 1 amide bonds. The lowest BCUT2D eigenvalue weighted by molar-refractivity contribution is -0.129. The normalized spacial score (nSPS) is 26.3. The van der Waals surface area contributed by atoms with Crippen molar-refractivity contribution in [1.82, 2.24) is 14.2 Å². The minimum absolute atomic E-state index is 0.000897. The van der Waals surface area contributed by atoms with Crippen LogP contribution in [0, 0.1) is 0 Å². The molecule has 0 unspecified atom stereocenters. The standard InChI is InChI=1S/C14H19N3O3S/c1-2-21(19,20)17-7-5-12-13(17)8-14(18)16(12)10-11-4-3-6-15-9-11/h3-4,6,9,12-13H,2,5,7-8,10H2,1H3/t12-,13+/m1/s1. The number of amides is 1. The number of fused-ring (bicyclic) bond motifs is 1. The molecule has 2 fully saturated rings. The Bertz CT molecular complexity index is 632. The fourth-order valence-corrected chi connectivity index (χ4v) is 4.64. The number of likely N-dealkylation sites (tertiary alicyclic amines) is 1. The van der Waals surface area contributed by atoms with Gasteiger partial charge in [0, 0.05) is 31.9 Å². The molecule has 3 heterocycles. The summed E-state index contributed by atoms with van der Waals surface area (Å²) in [6, 6.07) is 3.58. The Balaban J connectivity index is 1.79. The Morgan fingerprint density at radius 2 is 2.19 bits per heavy atom. The van der Waals surface area contributed by atoms with Crippen LogP contribution in [0.4, 0.5) is 0 Å². The average molecular weight is 309 g/mol. The summed E-state index contributed by atoms with van der Waals surface area (Å²) in [5.74, 6) is 0.123. The van der Waals surface area contributed by atoms with Crippen molar-refractivity contribution in [2.45, 2.75) is 38.4 Å². The second-order valence-electron chi connectivity index (χ2n) is 5.52. The van der Waals surface area contributed by atoms with Crippen molar-refractivity contribution in [1.29, 1.82) is 0 Å². The predicted molar refractivity (Wildman–Crippen MR) is 77.8 cm³/mol. The average Bonchev–Trinajstić information content (AvgIpc) is 3.01. The minimum Gasteiger partial charge on any atom is -0.334 e. The van der Waals surface area contributed by atoms with E-state index in [2.05, 4.69) is 4.98 Å². The number of nitrogens with zero attached hydrogens (tertiary/aromatic N) is 3. The summed E-state index contributed by atoms with van der Waals surface area (Å²) in [5, 5.41) is 0. The van der Waals surface area contributed by atoms with Crippen LogP contribution in [0.5, 0.6) is 0 Å². The SMILES string of the molecule is CCS(=O)(=O)N1CC[C@@H]2[C@@H]1CC(=O)N2Cc1cccnc1. The fourth-order valence-electron chi connectivity index (χ4n) is 3.30. The maximum Gasteiger partial charge on any atom is 0.224 e. The molecular formula is C14H19N3O3S. The van der Waals surface area contributed by atoms with Crippen molar-refractivity contribution in [3.8, 4) is 0 Å². The highest BCUT2D eigenvalue weighted by Gasteiger charge is 2.49. The van der Waals surface area contributed by atoms with Gasteiger partial charge in [0.05, 0.1) is 17.8 Å². The molecule has 114 valence electrons. The molecule has 2 saturated heterocycles. The number of sulfonamides is 1. The van der Waals surface area contributed by atoms with E-state index < -0.39 is 10.0 Å². The summed E-state index contributed by atoms with van der Waals surface area (Å²) >= 11 is 0. The molecule has 2 atom stereocenters. The Hall–Kier alpha value is -1.47. The third kappa shape index (κ3) is 2.55. The number of hydrogen-bond donors (Lipinski definition) is 0. The maximum absolute atomic E-state index is 12.2. The van der Waals surface area contributed by atoms with Crippen molar-refractivity contribution in [3.63, 3.8) is 0 Å². The third-order valence-corrected chi connectivity index (χ3v) is 6.26. The van der Waals surface area contributed by atoms with E-state index in [0.717, 1.165) is 12.0 Å². The summed E-state index contributed by atoms with van der Waals surface area (Å²) < 4.78 is 25.7. The number of carbonyl (C=O) groups is 1. The van der Waals surface area contributed by atoms with Crippen LogP contribution in [-0.4, -0.2) is 52.9 Å². The van der Waals surface area contributed by atoms with E-state index in [1.807, 2.05) is 17.0 Å². The van der Waals surface area contributed by atoms with Crippen LogP contribution in [-0.2, 0) is 21.4 Å². The van der Waals surface area contributed by atoms with Gasteiger partial charge in [-0.05, 0) is 25.0 Å². The molecule has 7 heteroatoms. The first-order chi connectivity index (χ1) is 10.0. The van der Waals surface area contributed by atoms with E-state index >= 15 is 0 Å². The van der Waals surface area contributed by atoms with E-state index in [1.54, 1.807) is 19.3 Å². The second kappa shape index (κ2) is 5.38. The molecule has 2 aliphatic rings. The van der Waals surface area contributed by atoms with E-state index in [9.17, 15) is 13.2 Å². The number of carbonyl (C=O) groups excluding carboxylic acids is 1. The van der Waals surface area contributed by atoms with Crippen LogP contribution in [0.3, 0.4) is 0 Å². The molecule has 3 rings (SSSR count). The highest BCUT2D eigenvalue weighted by atomic mass is 32.2. The number of aromatic nitrogens is 1. The van der Waals surface area contributed by atoms with Gasteiger partial charge in [0.2, 0.25) is 15.9 Å². The lowest BCUT2D eigenvalue weighted by atomic mass is 10.1. The molecular weight excluding hydrogens is 290 g/mol. The first kappa shape index (κ1) is 14.5. The summed E-state index contributed by atoms with van der Waals surface area (Å²) in [6.45, 7) is 2.67. The Morgan fingerprint density at radius 1 is 1.38 bits per heavy atom. The Morgan fingerprint density at radius 3 is 2.86 bits per heavy atom. The summed E-state index contributed by atoms with van der Waals surface area (Å²) in [4.78, 5) is 18.1. The number of rotatable bonds is 4. The molecule has 0 saturated carbocycles. The van der Waals surface area contributed by atoms with Crippen molar-refractivity contribution in [2.75, 3.05) is 12.3 Å². The summed E-state index contributed by atoms with van der Waals surface area (Å²) in [5.41, 5.74) is 0.975. The molecule has 21 heavy (non-hydrogen) atoms. The van der Waals surface area contributed by atoms with Crippen molar-refractivity contribution >= 4 is 15.9 Å². The molecule has 0 bridgehead atoms. The lowest BCUT2D eigenvalue weighted by Gasteiger charge is -2.25. The number of pyridine rings is 1. The van der Waals surface area contributed by atoms with E-state index in [-0.39, 0.29) is 23.7 Å². The molecule has 1 aromatic heterocycles. The van der Waals surface area contributed by atoms with Crippen molar-refractivity contribution < 1.29 is 13.2 Å². The van der Waals surface area contributed by atoms with E-state index in [1.165, 1.54) is 4.31 Å². The summed E-state index contributed by atoms with van der Waals surface area (Å²) in [7, 11) is -3.23. The van der Waals surface area contributed by atoms with Gasteiger partial charge in [-0.2, -0.15) is 4.31 Å². The van der Waals surface area contributed by atoms with Crippen LogP contribution in [0.2, 0.25) is 0 Å². The van der Waals surface area contributed by atoms with Gasteiger partial charge in [0.25, 0.3) is 0 Å². The fraction of sp³-hybridized carbons (Fsp3) is 0.571. The molecule has 0 aromatic carbocycles. The van der Waals surface area contributed by atoms with Crippen LogP contribution in [0.1, 0.15) is 25.3 Å². The van der Waals surface area contributed by atoms with Crippen LogP contribution in [0.15, 0.2) is 24.5 Å². The van der Waals surface area contributed by atoms with Crippen LogP contribution in [0.25, 0.3) is 0 Å². The second-order valence-corrected chi connectivity index (χ2v) is 7.73. The largest absolute Gasteiger partial charge is 0.334 e. The molecule has 2 aliphatic heterocycles.